The summed E-state index contributed by atoms with van der Waals surface area (Å²) in [4.78, 5) is 0. The Morgan fingerprint density at radius 1 is 1.33 bits per heavy atom. The molecule has 0 saturated heterocycles. The topological polar surface area (TPSA) is 52.0 Å². The summed E-state index contributed by atoms with van der Waals surface area (Å²) in [5.41, 5.74) is 7.10. The molecule has 2 aromatic rings. The average molecular weight is 245 g/mol. The fourth-order valence-electron chi connectivity index (χ4n) is 1.19. The smallest absolute Gasteiger partial charge is 0.150 e. The highest BCUT2D eigenvalue weighted by molar-refractivity contribution is 6.30. The number of halogens is 2. The van der Waals surface area contributed by atoms with Gasteiger partial charge < -0.3 is 10.3 Å². The molecule has 3 nitrogen and oxygen atoms in total. The summed E-state index contributed by atoms with van der Waals surface area (Å²) in [5, 5.41) is 4.57. The highest BCUT2D eigenvalue weighted by Gasteiger charge is 2.04. The molecule has 0 aliphatic carbocycles. The fourth-order valence-corrected chi connectivity index (χ4v) is 1.38. The van der Waals surface area contributed by atoms with Crippen molar-refractivity contribution in [1.29, 1.82) is 0 Å². The first-order valence-electron chi connectivity index (χ1n) is 4.21. The summed E-state index contributed by atoms with van der Waals surface area (Å²) >= 11 is 5.85. The van der Waals surface area contributed by atoms with Gasteiger partial charge in [-0.3, -0.25) is 0 Å². The highest BCUT2D eigenvalue weighted by atomic mass is 35.5. The molecule has 1 heterocycles. The van der Waals surface area contributed by atoms with Crippen molar-refractivity contribution < 1.29 is 4.52 Å². The molecule has 0 radical (unpaired) electrons. The highest BCUT2D eigenvalue weighted by Crippen LogP contribution is 2.21. The second-order valence-corrected chi connectivity index (χ2v) is 3.33. The second kappa shape index (κ2) is 5.16. The summed E-state index contributed by atoms with van der Waals surface area (Å²) in [6.45, 7) is 0.355. The van der Waals surface area contributed by atoms with Crippen molar-refractivity contribution in [3.05, 3.63) is 41.1 Å². The average Bonchev–Trinajstić information content (AvgIpc) is 2.66. The number of rotatable bonds is 2. The fraction of sp³-hybridized carbons (Fsp3) is 0.100. The zero-order valence-electron chi connectivity index (χ0n) is 7.81. The van der Waals surface area contributed by atoms with Crippen molar-refractivity contribution in [2.75, 3.05) is 0 Å². The Balaban J connectivity index is 0.00000112. The first-order valence-corrected chi connectivity index (χ1v) is 4.59. The van der Waals surface area contributed by atoms with E-state index in [1.165, 1.54) is 0 Å². The number of benzene rings is 1. The van der Waals surface area contributed by atoms with Gasteiger partial charge in [0.1, 0.15) is 5.69 Å². The summed E-state index contributed by atoms with van der Waals surface area (Å²) in [5.74, 6) is 0.667. The van der Waals surface area contributed by atoms with Crippen LogP contribution < -0.4 is 5.73 Å². The van der Waals surface area contributed by atoms with E-state index in [4.69, 9.17) is 21.9 Å². The van der Waals surface area contributed by atoms with Crippen molar-refractivity contribution in [2.45, 2.75) is 6.54 Å². The lowest BCUT2D eigenvalue weighted by molar-refractivity contribution is 0.387. The molecule has 80 valence electrons. The van der Waals surface area contributed by atoms with Crippen LogP contribution in [0.1, 0.15) is 5.76 Å². The molecule has 0 amide bonds. The zero-order chi connectivity index (χ0) is 9.97. The largest absolute Gasteiger partial charge is 0.359 e. The molecule has 5 heteroatoms. The van der Waals surface area contributed by atoms with Crippen LogP contribution in [0.15, 0.2) is 34.9 Å². The van der Waals surface area contributed by atoms with Gasteiger partial charge in [0.25, 0.3) is 0 Å². The van der Waals surface area contributed by atoms with Crippen LogP contribution in [0.25, 0.3) is 11.3 Å². The first kappa shape index (κ1) is 12.0. The quantitative estimate of drug-likeness (QED) is 0.884. The van der Waals surface area contributed by atoms with Crippen LogP contribution in [0, 0.1) is 0 Å². The molecule has 1 aromatic heterocycles. The van der Waals surface area contributed by atoms with Crippen molar-refractivity contribution in [1.82, 2.24) is 5.16 Å². The van der Waals surface area contributed by atoms with Crippen LogP contribution >= 0.6 is 24.0 Å². The molecule has 2 N–H and O–H groups in total. The summed E-state index contributed by atoms with van der Waals surface area (Å²) in [7, 11) is 0. The van der Waals surface area contributed by atoms with Gasteiger partial charge in [0.2, 0.25) is 0 Å². The van der Waals surface area contributed by atoms with Crippen LogP contribution in [0.3, 0.4) is 0 Å². The number of nitrogens with zero attached hydrogens (tertiary/aromatic N) is 1. The minimum atomic E-state index is 0. The SMILES string of the molecule is Cl.NCc1cc(-c2cccc(Cl)c2)no1. The van der Waals surface area contributed by atoms with Crippen LogP contribution in [0.2, 0.25) is 5.02 Å². The van der Waals surface area contributed by atoms with Crippen molar-refractivity contribution in [3.63, 3.8) is 0 Å². The minimum absolute atomic E-state index is 0. The third-order valence-electron chi connectivity index (χ3n) is 1.88. The molecule has 0 aliphatic heterocycles. The first-order chi connectivity index (χ1) is 6.79. The number of hydrogen-bond acceptors (Lipinski definition) is 3. The third kappa shape index (κ3) is 2.72. The number of aromatic nitrogens is 1. The Labute approximate surface area is 98.6 Å². The number of hydrogen-bond donors (Lipinski definition) is 1. The van der Waals surface area contributed by atoms with Gasteiger partial charge in [-0.05, 0) is 12.1 Å². The lowest BCUT2D eigenvalue weighted by Gasteiger charge is -1.94. The van der Waals surface area contributed by atoms with Crippen molar-refractivity contribution in [3.8, 4) is 11.3 Å². The van der Waals surface area contributed by atoms with Gasteiger partial charge in [-0.15, -0.1) is 12.4 Å². The van der Waals surface area contributed by atoms with Crippen molar-refractivity contribution in [2.24, 2.45) is 5.73 Å². The van der Waals surface area contributed by atoms with E-state index in [2.05, 4.69) is 5.16 Å². The summed E-state index contributed by atoms with van der Waals surface area (Å²) < 4.78 is 4.99. The molecule has 1 aromatic carbocycles. The van der Waals surface area contributed by atoms with Gasteiger partial charge in [0.05, 0.1) is 6.54 Å². The van der Waals surface area contributed by atoms with Crippen LogP contribution in [-0.2, 0) is 6.54 Å². The standard InChI is InChI=1S/C10H9ClN2O.ClH/c11-8-3-1-2-7(4-8)10-5-9(6-12)14-13-10;/h1-5H,6,12H2;1H. The molecule has 0 saturated carbocycles. The van der Waals surface area contributed by atoms with Gasteiger partial charge in [0.15, 0.2) is 5.76 Å². The molecule has 15 heavy (non-hydrogen) atoms. The van der Waals surface area contributed by atoms with Gasteiger partial charge in [-0.2, -0.15) is 0 Å². The predicted molar refractivity (Wildman–Crippen MR) is 62.1 cm³/mol. The van der Waals surface area contributed by atoms with Crippen LogP contribution in [0.5, 0.6) is 0 Å². The third-order valence-corrected chi connectivity index (χ3v) is 2.12. The van der Waals surface area contributed by atoms with E-state index in [0.29, 0.717) is 17.3 Å². The Morgan fingerprint density at radius 2 is 2.13 bits per heavy atom. The van der Waals surface area contributed by atoms with Crippen LogP contribution in [-0.4, -0.2) is 5.16 Å². The minimum Gasteiger partial charge on any atom is -0.359 e. The van der Waals surface area contributed by atoms with E-state index in [1.807, 2.05) is 30.3 Å². The molecule has 0 atom stereocenters. The molecule has 0 bridgehead atoms. The molecule has 0 fully saturated rings. The second-order valence-electron chi connectivity index (χ2n) is 2.89. The van der Waals surface area contributed by atoms with E-state index < -0.39 is 0 Å². The normalized spacial score (nSPS) is 9.73. The Kier molecular flexibility index (Phi) is 4.15. The molecule has 2 rings (SSSR count). The van der Waals surface area contributed by atoms with Gasteiger partial charge >= 0.3 is 0 Å². The van der Waals surface area contributed by atoms with E-state index >= 15 is 0 Å². The van der Waals surface area contributed by atoms with Gasteiger partial charge in [0, 0.05) is 16.7 Å². The maximum atomic E-state index is 5.85. The molecule has 0 unspecified atom stereocenters. The van der Waals surface area contributed by atoms with E-state index in [9.17, 15) is 0 Å². The molecule has 0 spiro atoms. The van der Waals surface area contributed by atoms with Crippen LogP contribution in [0.4, 0.5) is 0 Å². The van der Waals surface area contributed by atoms with Crippen molar-refractivity contribution >= 4 is 24.0 Å². The number of nitrogens with two attached hydrogens (primary N) is 1. The van der Waals surface area contributed by atoms with E-state index in [-0.39, 0.29) is 12.4 Å². The zero-order valence-corrected chi connectivity index (χ0v) is 9.39. The van der Waals surface area contributed by atoms with E-state index in [0.717, 1.165) is 11.3 Å². The lowest BCUT2D eigenvalue weighted by atomic mass is 10.1. The predicted octanol–water partition coefficient (Wildman–Crippen LogP) is 2.88. The van der Waals surface area contributed by atoms with Gasteiger partial charge in [-0.25, -0.2) is 0 Å². The Bertz CT molecular complexity index is 442. The maximum absolute atomic E-state index is 5.85. The summed E-state index contributed by atoms with van der Waals surface area (Å²) in [6, 6.07) is 9.25. The maximum Gasteiger partial charge on any atom is 0.150 e. The Hall–Kier alpha value is -1.03. The molecular weight excluding hydrogens is 235 g/mol. The summed E-state index contributed by atoms with van der Waals surface area (Å²) in [6.07, 6.45) is 0. The van der Waals surface area contributed by atoms with E-state index in [1.54, 1.807) is 0 Å². The van der Waals surface area contributed by atoms with Gasteiger partial charge in [-0.1, -0.05) is 28.9 Å². The molecular formula is C10H10Cl2N2O. The molecule has 0 aliphatic rings. The lowest BCUT2D eigenvalue weighted by Crippen LogP contribution is -1.92. The Morgan fingerprint density at radius 3 is 2.73 bits per heavy atom. The monoisotopic (exact) mass is 244 g/mol.